The molecule has 3 nitrogen and oxygen atoms in total. The van der Waals surface area contributed by atoms with E-state index in [0.29, 0.717) is 15.8 Å². The molecule has 122 valence electrons. The molecule has 1 saturated heterocycles. The minimum Gasteiger partial charge on any atom is -0.494 e. The molecule has 1 aliphatic rings. The molecular formula is C19H17NO2S2. The third-order valence-electron chi connectivity index (χ3n) is 3.57. The minimum absolute atomic E-state index is 0.0808. The van der Waals surface area contributed by atoms with E-state index in [1.165, 1.54) is 11.8 Å². The molecule has 2 aromatic rings. The smallest absolute Gasteiger partial charge is 0.270 e. The van der Waals surface area contributed by atoms with Gasteiger partial charge in [0.2, 0.25) is 0 Å². The fourth-order valence-electron chi connectivity index (χ4n) is 2.36. The number of thiocarbonyl (C=S) groups is 1. The lowest BCUT2D eigenvalue weighted by molar-refractivity contribution is -0.113. The van der Waals surface area contributed by atoms with Crippen LogP contribution < -0.4 is 9.64 Å². The molecule has 0 bridgehead atoms. The molecule has 1 heterocycles. The number of carbonyl (C=O) groups is 1. The summed E-state index contributed by atoms with van der Waals surface area (Å²) in [5.41, 5.74) is 2.90. The lowest BCUT2D eigenvalue weighted by atomic mass is 10.2. The van der Waals surface area contributed by atoms with Crippen molar-refractivity contribution >= 4 is 46.0 Å². The maximum atomic E-state index is 12.7. The van der Waals surface area contributed by atoms with Gasteiger partial charge in [-0.15, -0.1) is 0 Å². The van der Waals surface area contributed by atoms with Crippen molar-refractivity contribution in [2.24, 2.45) is 0 Å². The summed E-state index contributed by atoms with van der Waals surface area (Å²) in [6, 6.07) is 15.5. The number of amides is 1. The standard InChI is InChI=1S/C19H17NO2S2/c1-3-22-16-10-6-14(7-11-16)12-17-18(21)20(19(23)24-17)15-8-4-13(2)5-9-15/h4-12H,3H2,1-2H3/b17-12-. The number of carbonyl (C=O) groups excluding carboxylic acids is 1. The van der Waals surface area contributed by atoms with Gasteiger partial charge in [0.05, 0.1) is 17.2 Å². The molecule has 0 spiro atoms. The number of anilines is 1. The molecule has 2 aromatic carbocycles. The fraction of sp³-hybridized carbons (Fsp3) is 0.158. The first-order valence-electron chi connectivity index (χ1n) is 7.66. The van der Waals surface area contributed by atoms with Crippen molar-refractivity contribution in [3.63, 3.8) is 0 Å². The molecule has 0 aromatic heterocycles. The third kappa shape index (κ3) is 3.52. The van der Waals surface area contributed by atoms with Gasteiger partial charge in [0, 0.05) is 0 Å². The van der Waals surface area contributed by atoms with E-state index in [4.69, 9.17) is 17.0 Å². The molecule has 1 aliphatic heterocycles. The van der Waals surface area contributed by atoms with E-state index in [-0.39, 0.29) is 5.91 Å². The molecule has 0 unspecified atom stereocenters. The minimum atomic E-state index is -0.0808. The Hall–Kier alpha value is -2.11. The molecule has 24 heavy (non-hydrogen) atoms. The summed E-state index contributed by atoms with van der Waals surface area (Å²) in [7, 11) is 0. The van der Waals surface area contributed by atoms with E-state index in [1.54, 1.807) is 4.90 Å². The number of aryl methyl sites for hydroxylation is 1. The van der Waals surface area contributed by atoms with Gasteiger partial charge in [-0.2, -0.15) is 0 Å². The molecule has 0 atom stereocenters. The van der Waals surface area contributed by atoms with E-state index in [2.05, 4.69) is 0 Å². The van der Waals surface area contributed by atoms with Gasteiger partial charge < -0.3 is 4.74 Å². The molecule has 0 radical (unpaired) electrons. The van der Waals surface area contributed by atoms with Crippen LogP contribution in [0, 0.1) is 6.92 Å². The topological polar surface area (TPSA) is 29.5 Å². The first-order valence-corrected chi connectivity index (χ1v) is 8.88. The molecule has 5 heteroatoms. The second-order valence-electron chi connectivity index (χ2n) is 5.35. The van der Waals surface area contributed by atoms with E-state index in [9.17, 15) is 4.79 Å². The van der Waals surface area contributed by atoms with Crippen molar-refractivity contribution in [3.8, 4) is 5.75 Å². The second kappa shape index (κ2) is 7.20. The van der Waals surface area contributed by atoms with Crippen LogP contribution in [-0.2, 0) is 4.79 Å². The molecule has 0 N–H and O–H groups in total. The van der Waals surface area contributed by atoms with Crippen LogP contribution in [0.1, 0.15) is 18.1 Å². The van der Waals surface area contributed by atoms with Gasteiger partial charge in [-0.3, -0.25) is 9.69 Å². The van der Waals surface area contributed by atoms with Gasteiger partial charge in [0.25, 0.3) is 5.91 Å². The van der Waals surface area contributed by atoms with Gasteiger partial charge in [-0.1, -0.05) is 53.8 Å². The quantitative estimate of drug-likeness (QED) is 0.582. The first kappa shape index (κ1) is 16.7. The molecular weight excluding hydrogens is 338 g/mol. The predicted molar refractivity (Wildman–Crippen MR) is 104 cm³/mol. The maximum Gasteiger partial charge on any atom is 0.270 e. The highest BCUT2D eigenvalue weighted by Gasteiger charge is 2.33. The van der Waals surface area contributed by atoms with Crippen molar-refractivity contribution < 1.29 is 9.53 Å². The highest BCUT2D eigenvalue weighted by atomic mass is 32.2. The van der Waals surface area contributed by atoms with Gasteiger partial charge in [-0.05, 0) is 49.8 Å². The van der Waals surface area contributed by atoms with Crippen molar-refractivity contribution in [2.45, 2.75) is 13.8 Å². The summed E-state index contributed by atoms with van der Waals surface area (Å²) in [5, 5.41) is 0. The molecule has 1 amide bonds. The number of hydrogen-bond donors (Lipinski definition) is 0. The Balaban J connectivity index is 1.83. The number of ether oxygens (including phenoxy) is 1. The average Bonchev–Trinajstić information content (AvgIpc) is 2.85. The van der Waals surface area contributed by atoms with E-state index < -0.39 is 0 Å². The third-order valence-corrected chi connectivity index (χ3v) is 4.88. The lowest BCUT2D eigenvalue weighted by Crippen LogP contribution is -2.27. The van der Waals surface area contributed by atoms with Crippen LogP contribution in [0.15, 0.2) is 53.4 Å². The van der Waals surface area contributed by atoms with Crippen molar-refractivity contribution in [1.29, 1.82) is 0 Å². The van der Waals surface area contributed by atoms with Crippen molar-refractivity contribution in [3.05, 3.63) is 64.6 Å². The van der Waals surface area contributed by atoms with Crippen LogP contribution >= 0.6 is 24.0 Å². The lowest BCUT2D eigenvalue weighted by Gasteiger charge is -2.14. The normalized spacial score (nSPS) is 16.1. The molecule has 0 aliphatic carbocycles. The van der Waals surface area contributed by atoms with Gasteiger partial charge in [0.15, 0.2) is 4.32 Å². The van der Waals surface area contributed by atoms with Crippen LogP contribution in [0.2, 0.25) is 0 Å². The fourth-order valence-corrected chi connectivity index (χ4v) is 3.66. The van der Waals surface area contributed by atoms with Crippen LogP contribution in [0.5, 0.6) is 5.75 Å². The Kier molecular flexibility index (Phi) is 5.02. The summed E-state index contributed by atoms with van der Waals surface area (Å²) in [5.74, 6) is 0.740. The molecule has 0 saturated carbocycles. The number of hydrogen-bond acceptors (Lipinski definition) is 4. The van der Waals surface area contributed by atoms with Crippen molar-refractivity contribution in [1.82, 2.24) is 0 Å². The number of benzene rings is 2. The van der Waals surface area contributed by atoms with E-state index in [1.807, 2.05) is 68.5 Å². The van der Waals surface area contributed by atoms with Gasteiger partial charge in [0.1, 0.15) is 5.75 Å². The van der Waals surface area contributed by atoms with Gasteiger partial charge in [-0.25, -0.2) is 0 Å². The van der Waals surface area contributed by atoms with Crippen molar-refractivity contribution in [2.75, 3.05) is 11.5 Å². The molecule has 3 rings (SSSR count). The highest BCUT2D eigenvalue weighted by Crippen LogP contribution is 2.36. The highest BCUT2D eigenvalue weighted by molar-refractivity contribution is 8.27. The molecule has 1 fully saturated rings. The van der Waals surface area contributed by atoms with E-state index >= 15 is 0 Å². The van der Waals surface area contributed by atoms with Crippen LogP contribution in [0.3, 0.4) is 0 Å². The van der Waals surface area contributed by atoms with Crippen LogP contribution in [0.25, 0.3) is 6.08 Å². The summed E-state index contributed by atoms with van der Waals surface area (Å²) in [4.78, 5) is 14.9. The summed E-state index contributed by atoms with van der Waals surface area (Å²) < 4.78 is 5.99. The zero-order valence-electron chi connectivity index (χ0n) is 13.5. The average molecular weight is 355 g/mol. The zero-order valence-corrected chi connectivity index (χ0v) is 15.1. The van der Waals surface area contributed by atoms with Crippen LogP contribution in [0.4, 0.5) is 5.69 Å². The first-order chi connectivity index (χ1) is 11.6. The number of nitrogens with zero attached hydrogens (tertiary/aromatic N) is 1. The Morgan fingerprint density at radius 2 is 1.79 bits per heavy atom. The Morgan fingerprint density at radius 3 is 2.42 bits per heavy atom. The number of thioether (sulfide) groups is 1. The number of rotatable bonds is 4. The predicted octanol–water partition coefficient (Wildman–Crippen LogP) is 4.80. The van der Waals surface area contributed by atoms with E-state index in [0.717, 1.165) is 22.6 Å². The Morgan fingerprint density at radius 1 is 1.12 bits per heavy atom. The Bertz CT molecular complexity index is 795. The summed E-state index contributed by atoms with van der Waals surface area (Å²) in [6.07, 6.45) is 1.86. The van der Waals surface area contributed by atoms with Gasteiger partial charge >= 0.3 is 0 Å². The second-order valence-corrected chi connectivity index (χ2v) is 7.03. The summed E-state index contributed by atoms with van der Waals surface area (Å²) in [6.45, 7) is 4.60. The maximum absolute atomic E-state index is 12.7. The Labute approximate surface area is 151 Å². The SMILES string of the molecule is CCOc1ccc(/C=C2\SC(=S)N(c3ccc(C)cc3)C2=O)cc1. The summed E-state index contributed by atoms with van der Waals surface area (Å²) >= 11 is 6.72. The zero-order chi connectivity index (χ0) is 17.1. The largest absolute Gasteiger partial charge is 0.494 e. The monoisotopic (exact) mass is 355 g/mol. The van der Waals surface area contributed by atoms with Crippen LogP contribution in [-0.4, -0.2) is 16.8 Å².